The second-order valence-corrected chi connectivity index (χ2v) is 7.23. The number of amides is 3. The predicted octanol–water partition coefficient (Wildman–Crippen LogP) is -1.17. The fraction of sp³-hybridized carbons (Fsp3) is 0.350. The Labute approximate surface area is 182 Å². The highest BCUT2D eigenvalue weighted by molar-refractivity contribution is 5.94. The first-order valence-corrected chi connectivity index (χ1v) is 9.72. The number of aromatic nitrogens is 1. The molecule has 0 aliphatic rings. The highest BCUT2D eigenvalue weighted by Gasteiger charge is 2.29. The minimum Gasteiger partial charge on any atom is -0.481 e. The van der Waals surface area contributed by atoms with Gasteiger partial charge in [-0.1, -0.05) is 18.2 Å². The fourth-order valence-electron chi connectivity index (χ4n) is 3.09. The van der Waals surface area contributed by atoms with Crippen molar-refractivity contribution in [3.63, 3.8) is 0 Å². The highest BCUT2D eigenvalue weighted by atomic mass is 16.4. The molecule has 0 aliphatic heterocycles. The molecule has 3 amide bonds. The standard InChI is InChI=1S/C20H25N5O7/c21-12(5-6-17(27)28)18(29)24-14(19(30)25-15(20(31)32)8-16(22)26)7-10-9-23-13-4-2-1-3-11(10)13/h1-4,9,12,14-15,23H,5-8,21H2,(H2,22,26)(H,24,29)(H,25,30)(H,27,28)(H,31,32). The van der Waals surface area contributed by atoms with Crippen molar-refractivity contribution >= 4 is 40.6 Å². The van der Waals surface area contributed by atoms with E-state index in [2.05, 4.69) is 15.6 Å². The van der Waals surface area contributed by atoms with Crippen LogP contribution in [0.4, 0.5) is 0 Å². The van der Waals surface area contributed by atoms with Crippen LogP contribution in [0, 0.1) is 0 Å². The van der Waals surface area contributed by atoms with Crippen LogP contribution < -0.4 is 22.1 Å². The highest BCUT2D eigenvalue weighted by Crippen LogP contribution is 2.19. The first kappa shape index (κ1) is 24.3. The van der Waals surface area contributed by atoms with Crippen LogP contribution >= 0.6 is 0 Å². The topological polar surface area (TPSA) is 218 Å². The predicted molar refractivity (Wildman–Crippen MR) is 112 cm³/mol. The van der Waals surface area contributed by atoms with Crippen molar-refractivity contribution < 1.29 is 34.2 Å². The maximum atomic E-state index is 12.8. The summed E-state index contributed by atoms with van der Waals surface area (Å²) in [5, 5.41) is 23.5. The molecule has 0 fully saturated rings. The minimum atomic E-state index is -1.58. The number of H-pyrrole nitrogens is 1. The quantitative estimate of drug-likeness (QED) is 0.210. The summed E-state index contributed by atoms with van der Waals surface area (Å²) >= 11 is 0. The molecule has 12 nitrogen and oxygen atoms in total. The van der Waals surface area contributed by atoms with Crippen LogP contribution in [0.5, 0.6) is 0 Å². The zero-order valence-electron chi connectivity index (χ0n) is 17.0. The second kappa shape index (κ2) is 10.9. The van der Waals surface area contributed by atoms with Gasteiger partial charge in [-0.2, -0.15) is 0 Å². The number of hydrogen-bond acceptors (Lipinski definition) is 6. The van der Waals surface area contributed by atoms with Gasteiger partial charge in [0.1, 0.15) is 12.1 Å². The van der Waals surface area contributed by atoms with Crippen LogP contribution in [0.15, 0.2) is 30.5 Å². The van der Waals surface area contributed by atoms with Crippen molar-refractivity contribution in [2.75, 3.05) is 0 Å². The van der Waals surface area contributed by atoms with E-state index in [-0.39, 0.29) is 19.3 Å². The van der Waals surface area contributed by atoms with Gasteiger partial charge in [-0.05, 0) is 18.1 Å². The summed E-state index contributed by atoms with van der Waals surface area (Å²) < 4.78 is 0. The molecular weight excluding hydrogens is 422 g/mol. The van der Waals surface area contributed by atoms with E-state index >= 15 is 0 Å². The van der Waals surface area contributed by atoms with Crippen molar-refractivity contribution in [1.82, 2.24) is 15.6 Å². The summed E-state index contributed by atoms with van der Waals surface area (Å²) in [4.78, 5) is 61.6. The van der Waals surface area contributed by atoms with Gasteiger partial charge in [0, 0.05) is 29.9 Å². The lowest BCUT2D eigenvalue weighted by atomic mass is 10.0. The number of carboxylic acid groups (broad SMARTS) is 2. The number of fused-ring (bicyclic) bond motifs is 1. The molecule has 0 saturated heterocycles. The molecule has 12 heteroatoms. The third-order valence-corrected chi connectivity index (χ3v) is 4.76. The number of aromatic amines is 1. The summed E-state index contributed by atoms with van der Waals surface area (Å²) in [6, 6.07) is 3.23. The van der Waals surface area contributed by atoms with Gasteiger partial charge in [0.05, 0.1) is 12.5 Å². The molecular formula is C20H25N5O7. The Balaban J connectivity index is 2.23. The van der Waals surface area contributed by atoms with Crippen molar-refractivity contribution in [3.05, 3.63) is 36.0 Å². The number of benzene rings is 1. The van der Waals surface area contributed by atoms with Crippen LogP contribution in [0.1, 0.15) is 24.8 Å². The van der Waals surface area contributed by atoms with Crippen LogP contribution in [0.2, 0.25) is 0 Å². The summed E-state index contributed by atoms with van der Waals surface area (Å²) in [5.41, 5.74) is 12.2. The lowest BCUT2D eigenvalue weighted by Gasteiger charge is -2.22. The zero-order valence-corrected chi connectivity index (χ0v) is 17.0. The van der Waals surface area contributed by atoms with Crippen molar-refractivity contribution in [2.45, 2.75) is 43.8 Å². The van der Waals surface area contributed by atoms with Gasteiger partial charge in [0.25, 0.3) is 0 Å². The number of carboxylic acids is 2. The summed E-state index contributed by atoms with van der Waals surface area (Å²) in [6.45, 7) is 0. The van der Waals surface area contributed by atoms with E-state index < -0.39 is 54.2 Å². The van der Waals surface area contributed by atoms with Crippen LogP contribution in [0.3, 0.4) is 0 Å². The van der Waals surface area contributed by atoms with Gasteiger partial charge in [-0.25, -0.2) is 4.79 Å². The summed E-state index contributed by atoms with van der Waals surface area (Å²) in [7, 11) is 0. The number of carbonyl (C=O) groups is 5. The van der Waals surface area contributed by atoms with E-state index in [0.717, 1.165) is 10.9 Å². The molecule has 0 saturated carbocycles. The van der Waals surface area contributed by atoms with Gasteiger partial charge in [0.2, 0.25) is 17.7 Å². The molecule has 32 heavy (non-hydrogen) atoms. The number of hydrogen-bond donors (Lipinski definition) is 7. The van der Waals surface area contributed by atoms with E-state index in [0.29, 0.717) is 5.56 Å². The molecule has 172 valence electrons. The Morgan fingerprint density at radius 1 is 1.00 bits per heavy atom. The maximum absolute atomic E-state index is 12.8. The molecule has 3 unspecified atom stereocenters. The van der Waals surface area contributed by atoms with Crippen LogP contribution in [-0.4, -0.2) is 63.0 Å². The lowest BCUT2D eigenvalue weighted by molar-refractivity contribution is -0.143. The van der Waals surface area contributed by atoms with E-state index in [1.54, 1.807) is 12.3 Å². The number of nitrogens with two attached hydrogens (primary N) is 2. The third kappa shape index (κ3) is 6.80. The van der Waals surface area contributed by atoms with Gasteiger partial charge in [0.15, 0.2) is 0 Å². The summed E-state index contributed by atoms with van der Waals surface area (Å²) in [6.07, 6.45) is 0.512. The van der Waals surface area contributed by atoms with E-state index in [9.17, 15) is 29.1 Å². The molecule has 3 atom stereocenters. The smallest absolute Gasteiger partial charge is 0.326 e. The van der Waals surface area contributed by atoms with Crippen LogP contribution in [-0.2, 0) is 30.4 Å². The molecule has 1 aromatic heterocycles. The lowest BCUT2D eigenvalue weighted by Crippen LogP contribution is -2.55. The van der Waals surface area contributed by atoms with E-state index in [1.807, 2.05) is 18.2 Å². The Morgan fingerprint density at radius 2 is 1.66 bits per heavy atom. The number of primary amides is 1. The number of carbonyl (C=O) groups excluding carboxylic acids is 3. The van der Waals surface area contributed by atoms with Crippen molar-refractivity contribution in [3.8, 4) is 0 Å². The third-order valence-electron chi connectivity index (χ3n) is 4.76. The molecule has 1 aromatic carbocycles. The SMILES string of the molecule is NC(=O)CC(NC(=O)C(Cc1c[nH]c2ccccc12)NC(=O)C(N)CCC(=O)O)C(=O)O. The largest absolute Gasteiger partial charge is 0.481 e. The first-order chi connectivity index (χ1) is 15.1. The van der Waals surface area contributed by atoms with Gasteiger partial charge >= 0.3 is 11.9 Å². The average molecular weight is 447 g/mol. The number of rotatable bonds is 12. The van der Waals surface area contributed by atoms with E-state index in [4.69, 9.17) is 16.6 Å². The Kier molecular flexibility index (Phi) is 8.30. The molecule has 9 N–H and O–H groups in total. The van der Waals surface area contributed by atoms with E-state index in [1.165, 1.54) is 0 Å². The van der Waals surface area contributed by atoms with Crippen molar-refractivity contribution in [2.24, 2.45) is 11.5 Å². The monoisotopic (exact) mass is 447 g/mol. The Hall–Kier alpha value is -3.93. The Bertz CT molecular complexity index is 1020. The molecule has 2 rings (SSSR count). The van der Waals surface area contributed by atoms with Crippen molar-refractivity contribution in [1.29, 1.82) is 0 Å². The number of nitrogens with one attached hydrogen (secondary N) is 3. The zero-order chi connectivity index (χ0) is 23.8. The molecule has 1 heterocycles. The van der Waals surface area contributed by atoms with Gasteiger partial charge in [-0.3, -0.25) is 19.2 Å². The Morgan fingerprint density at radius 3 is 2.28 bits per heavy atom. The van der Waals surface area contributed by atoms with Crippen LogP contribution in [0.25, 0.3) is 10.9 Å². The minimum absolute atomic E-state index is 0.0177. The molecule has 0 aliphatic carbocycles. The molecule has 0 radical (unpaired) electrons. The fourth-order valence-corrected chi connectivity index (χ4v) is 3.09. The first-order valence-electron chi connectivity index (χ1n) is 9.72. The number of para-hydroxylation sites is 1. The van der Waals surface area contributed by atoms with Gasteiger partial charge < -0.3 is 37.3 Å². The second-order valence-electron chi connectivity index (χ2n) is 7.23. The normalized spacial score (nSPS) is 13.7. The average Bonchev–Trinajstić information content (AvgIpc) is 3.13. The molecule has 0 bridgehead atoms. The number of aliphatic carboxylic acids is 2. The van der Waals surface area contributed by atoms with Gasteiger partial charge in [-0.15, -0.1) is 0 Å². The summed E-state index contributed by atoms with van der Waals surface area (Å²) in [5.74, 6) is -5.15. The maximum Gasteiger partial charge on any atom is 0.326 e. The molecule has 2 aromatic rings. The molecule has 0 spiro atoms.